The first-order valence-corrected chi connectivity index (χ1v) is 7.26. The van der Waals surface area contributed by atoms with Gasteiger partial charge in [-0.3, -0.25) is 4.79 Å². The van der Waals surface area contributed by atoms with E-state index in [4.69, 9.17) is 5.73 Å². The van der Waals surface area contributed by atoms with Crippen molar-refractivity contribution in [1.29, 1.82) is 0 Å². The highest BCUT2D eigenvalue weighted by Crippen LogP contribution is 2.25. The van der Waals surface area contributed by atoms with Gasteiger partial charge >= 0.3 is 0 Å². The van der Waals surface area contributed by atoms with Crippen LogP contribution in [-0.2, 0) is 0 Å². The summed E-state index contributed by atoms with van der Waals surface area (Å²) in [5, 5.41) is 2.87. The van der Waals surface area contributed by atoms with E-state index in [1.165, 1.54) is 0 Å². The van der Waals surface area contributed by atoms with E-state index in [0.717, 1.165) is 31.4 Å². The van der Waals surface area contributed by atoms with Crippen LogP contribution in [0.3, 0.4) is 0 Å². The normalized spacial score (nSPS) is 21.4. The van der Waals surface area contributed by atoms with Crippen molar-refractivity contribution >= 4 is 40.9 Å². The molecule has 3 N–H and O–H groups in total. The number of hydrogen-bond acceptors (Lipinski definition) is 2. The van der Waals surface area contributed by atoms with Gasteiger partial charge in [0.25, 0.3) is 5.91 Å². The molecule has 2 unspecified atom stereocenters. The largest absolute Gasteiger partial charge is 0.349 e. The number of carbonyl (C=O) groups excluding carboxylic acids is 1. The van der Waals surface area contributed by atoms with Gasteiger partial charge in [0, 0.05) is 9.61 Å². The van der Waals surface area contributed by atoms with Gasteiger partial charge in [-0.05, 0) is 60.0 Å². The van der Waals surface area contributed by atoms with Gasteiger partial charge < -0.3 is 11.1 Å². The second-order valence-corrected chi connectivity index (χ2v) is 5.91. The summed E-state index contributed by atoms with van der Waals surface area (Å²) >= 11 is 1.83. The lowest BCUT2D eigenvalue weighted by Gasteiger charge is -2.19. The van der Waals surface area contributed by atoms with Crippen LogP contribution in [0.2, 0.25) is 0 Å². The highest BCUT2D eigenvalue weighted by molar-refractivity contribution is 14.1. The smallest absolute Gasteiger partial charge is 0.252 e. The summed E-state index contributed by atoms with van der Waals surface area (Å²) in [5.74, 6) is -2.05. The topological polar surface area (TPSA) is 55.1 Å². The summed E-state index contributed by atoms with van der Waals surface area (Å²) in [6, 6.07) is 2.00. The Bertz CT molecular complexity index is 502. The fourth-order valence-corrected chi connectivity index (χ4v) is 3.13. The molecule has 0 spiro atoms. The van der Waals surface area contributed by atoms with E-state index < -0.39 is 11.6 Å². The zero-order valence-electron chi connectivity index (χ0n) is 10.7. The average Bonchev–Trinajstić information content (AvgIpc) is 2.80. The van der Waals surface area contributed by atoms with Crippen LogP contribution in [-0.4, -0.2) is 18.5 Å². The van der Waals surface area contributed by atoms with Crippen molar-refractivity contribution in [2.24, 2.45) is 11.7 Å². The van der Waals surface area contributed by atoms with Crippen LogP contribution < -0.4 is 11.1 Å². The Morgan fingerprint density at radius 3 is 2.65 bits per heavy atom. The molecule has 0 saturated heterocycles. The van der Waals surface area contributed by atoms with Gasteiger partial charge in [0.15, 0.2) is 11.6 Å². The van der Waals surface area contributed by atoms with Crippen molar-refractivity contribution in [3.8, 4) is 0 Å². The van der Waals surface area contributed by atoms with Crippen molar-refractivity contribution in [2.75, 3.05) is 6.54 Å². The molecule has 0 aromatic heterocycles. The summed E-state index contributed by atoms with van der Waals surface area (Å²) in [5.41, 5.74) is 5.82. The first-order chi connectivity index (χ1) is 9.02. The van der Waals surface area contributed by atoms with Gasteiger partial charge in [0.2, 0.25) is 0 Å². The molecule has 1 aromatic carbocycles. The van der Waals surface area contributed by atoms with Crippen LogP contribution in [0.15, 0.2) is 12.1 Å². The molecule has 1 aliphatic rings. The Kier molecular flexibility index (Phi) is 6.60. The molecule has 0 heterocycles. The maximum atomic E-state index is 13.2. The van der Waals surface area contributed by atoms with Crippen LogP contribution in [0.1, 0.15) is 29.6 Å². The molecule has 3 nitrogen and oxygen atoms in total. The standard InChI is InChI=1S/C13H15F2IN2O.ClH/c14-9-4-8(11(16)5-10(9)15)13(19)18-12-3-1-2-7(12)6-17;/h4-5,7,12H,1-3,6,17H2,(H,18,19);1H. The first-order valence-electron chi connectivity index (χ1n) is 6.18. The molecular weight excluding hydrogens is 401 g/mol. The molecule has 7 heteroatoms. The average molecular weight is 417 g/mol. The molecule has 1 aliphatic carbocycles. The summed E-state index contributed by atoms with van der Waals surface area (Å²) in [6.45, 7) is 0.528. The monoisotopic (exact) mass is 416 g/mol. The number of rotatable bonds is 3. The molecule has 0 bridgehead atoms. The first kappa shape index (κ1) is 17.6. The molecule has 2 rings (SSSR count). The van der Waals surface area contributed by atoms with Crippen LogP contribution in [0.25, 0.3) is 0 Å². The van der Waals surface area contributed by atoms with Crippen molar-refractivity contribution in [1.82, 2.24) is 5.32 Å². The van der Waals surface area contributed by atoms with Crippen molar-refractivity contribution in [3.05, 3.63) is 32.9 Å². The van der Waals surface area contributed by atoms with E-state index in [-0.39, 0.29) is 35.8 Å². The van der Waals surface area contributed by atoms with Crippen molar-refractivity contribution < 1.29 is 13.6 Å². The molecule has 112 valence electrons. The Morgan fingerprint density at radius 1 is 1.35 bits per heavy atom. The van der Waals surface area contributed by atoms with Gasteiger partial charge in [-0.25, -0.2) is 8.78 Å². The molecule has 2 atom stereocenters. The van der Waals surface area contributed by atoms with Gasteiger partial charge in [0.1, 0.15) is 0 Å². The maximum Gasteiger partial charge on any atom is 0.252 e. The molecule has 1 fully saturated rings. The van der Waals surface area contributed by atoms with E-state index >= 15 is 0 Å². The minimum Gasteiger partial charge on any atom is -0.349 e. The van der Waals surface area contributed by atoms with Gasteiger partial charge in [-0.15, -0.1) is 12.4 Å². The number of benzene rings is 1. The lowest BCUT2D eigenvalue weighted by Crippen LogP contribution is -2.40. The van der Waals surface area contributed by atoms with Crippen LogP contribution in [0.4, 0.5) is 8.78 Å². The summed E-state index contributed by atoms with van der Waals surface area (Å²) < 4.78 is 26.6. The molecular formula is C13H16ClF2IN2O. The number of hydrogen-bond donors (Lipinski definition) is 2. The second kappa shape index (κ2) is 7.51. The quantitative estimate of drug-likeness (QED) is 0.588. The number of halogens is 4. The zero-order chi connectivity index (χ0) is 14.0. The summed E-state index contributed by atoms with van der Waals surface area (Å²) in [4.78, 5) is 12.1. The van der Waals surface area contributed by atoms with Gasteiger partial charge in [-0.1, -0.05) is 6.42 Å². The van der Waals surface area contributed by atoms with E-state index in [1.807, 2.05) is 22.6 Å². The van der Waals surface area contributed by atoms with E-state index in [1.54, 1.807) is 0 Å². The SMILES string of the molecule is Cl.NCC1CCCC1NC(=O)c1cc(F)c(F)cc1I. The van der Waals surface area contributed by atoms with Crippen molar-refractivity contribution in [2.45, 2.75) is 25.3 Å². The molecule has 20 heavy (non-hydrogen) atoms. The van der Waals surface area contributed by atoms with E-state index in [2.05, 4.69) is 5.32 Å². The van der Waals surface area contributed by atoms with Crippen LogP contribution >= 0.6 is 35.0 Å². The fraction of sp³-hybridized carbons (Fsp3) is 0.462. The van der Waals surface area contributed by atoms with Gasteiger partial charge in [0.05, 0.1) is 5.56 Å². The minimum atomic E-state index is -1.01. The van der Waals surface area contributed by atoms with Crippen LogP contribution in [0, 0.1) is 21.1 Å². The fourth-order valence-electron chi connectivity index (χ4n) is 2.45. The maximum absolute atomic E-state index is 13.2. The predicted octanol–water partition coefficient (Wildman–Crippen LogP) is 2.85. The Labute approximate surface area is 136 Å². The summed E-state index contributed by atoms with van der Waals surface area (Å²) in [6.07, 6.45) is 2.91. The highest BCUT2D eigenvalue weighted by Gasteiger charge is 2.28. The third-order valence-corrected chi connectivity index (χ3v) is 4.43. The lowest BCUT2D eigenvalue weighted by atomic mass is 10.0. The molecule has 1 aromatic rings. The highest BCUT2D eigenvalue weighted by atomic mass is 127. The minimum absolute atomic E-state index is 0. The molecule has 1 amide bonds. The number of carbonyl (C=O) groups is 1. The Balaban J connectivity index is 0.00000200. The van der Waals surface area contributed by atoms with Gasteiger partial charge in [-0.2, -0.15) is 0 Å². The second-order valence-electron chi connectivity index (χ2n) is 4.75. The van der Waals surface area contributed by atoms with E-state index in [0.29, 0.717) is 10.1 Å². The molecule has 1 saturated carbocycles. The summed E-state index contributed by atoms with van der Waals surface area (Å²) in [7, 11) is 0. The number of nitrogens with one attached hydrogen (secondary N) is 1. The zero-order valence-corrected chi connectivity index (χ0v) is 13.6. The van der Waals surface area contributed by atoms with Crippen molar-refractivity contribution in [3.63, 3.8) is 0 Å². The molecule has 0 radical (unpaired) electrons. The van der Waals surface area contributed by atoms with Crippen LogP contribution in [0.5, 0.6) is 0 Å². The third-order valence-electron chi connectivity index (χ3n) is 3.53. The third kappa shape index (κ3) is 3.79. The Hall–Kier alpha value is -0.470. The lowest BCUT2D eigenvalue weighted by molar-refractivity contribution is 0.0927. The Morgan fingerprint density at radius 2 is 2.00 bits per heavy atom. The predicted molar refractivity (Wildman–Crippen MR) is 84.0 cm³/mol. The number of amides is 1. The van der Waals surface area contributed by atoms with E-state index in [9.17, 15) is 13.6 Å². The number of nitrogens with two attached hydrogens (primary N) is 1. The molecule has 0 aliphatic heterocycles.